The maximum absolute atomic E-state index is 12.1. The molecule has 0 saturated heterocycles. The summed E-state index contributed by atoms with van der Waals surface area (Å²) in [6.45, 7) is 3.98. The molecular formula is C17H21N5O2S. The molecule has 1 heterocycles. The Morgan fingerprint density at radius 3 is 2.76 bits per heavy atom. The van der Waals surface area contributed by atoms with Crippen molar-refractivity contribution in [3.8, 4) is 0 Å². The maximum atomic E-state index is 12.1. The highest BCUT2D eigenvalue weighted by molar-refractivity contribution is 8.00. The third-order valence-electron chi connectivity index (χ3n) is 3.73. The highest BCUT2D eigenvalue weighted by atomic mass is 32.2. The Morgan fingerprint density at radius 1 is 1.28 bits per heavy atom. The number of benzene rings is 1. The second kappa shape index (κ2) is 7.69. The number of fused-ring (bicyclic) bond motifs is 1. The smallest absolute Gasteiger partial charge is 0.321 e. The zero-order valence-electron chi connectivity index (χ0n) is 14.2. The van der Waals surface area contributed by atoms with E-state index < -0.39 is 11.3 Å². The summed E-state index contributed by atoms with van der Waals surface area (Å²) in [5.74, 6) is 0.427. The summed E-state index contributed by atoms with van der Waals surface area (Å²) in [5.41, 5.74) is 0.833. The van der Waals surface area contributed by atoms with Crippen molar-refractivity contribution in [2.45, 2.75) is 43.1 Å². The van der Waals surface area contributed by atoms with Gasteiger partial charge in [-0.3, -0.25) is 10.1 Å². The average molecular weight is 359 g/mol. The number of nitrogens with zero attached hydrogens (tertiary/aromatic N) is 2. The van der Waals surface area contributed by atoms with Crippen LogP contribution < -0.4 is 16.0 Å². The minimum Gasteiger partial charge on any atom is -0.367 e. The van der Waals surface area contributed by atoms with Gasteiger partial charge in [0.2, 0.25) is 5.91 Å². The van der Waals surface area contributed by atoms with Gasteiger partial charge in [-0.15, -0.1) is 0 Å². The van der Waals surface area contributed by atoms with Crippen LogP contribution in [0.25, 0.3) is 10.9 Å². The van der Waals surface area contributed by atoms with Gasteiger partial charge in [0.05, 0.1) is 10.8 Å². The number of urea groups is 1. The molecule has 0 bridgehead atoms. The van der Waals surface area contributed by atoms with Gasteiger partial charge in [-0.25, -0.2) is 14.8 Å². The second-order valence-electron chi connectivity index (χ2n) is 5.90. The van der Waals surface area contributed by atoms with Crippen molar-refractivity contribution >= 4 is 40.4 Å². The first-order chi connectivity index (χ1) is 12.1. The van der Waals surface area contributed by atoms with Crippen LogP contribution in [0.2, 0.25) is 0 Å². The Kier molecular flexibility index (Phi) is 5.37. The molecular weight excluding hydrogens is 338 g/mol. The number of carbonyl (C=O) groups excluding carboxylic acids is 2. The number of rotatable bonds is 6. The second-order valence-corrected chi connectivity index (χ2v) is 7.21. The van der Waals surface area contributed by atoms with E-state index in [-0.39, 0.29) is 5.91 Å². The number of para-hydroxylation sites is 1. The molecule has 0 spiro atoms. The molecule has 1 aliphatic rings. The number of amides is 3. The molecule has 3 amide bonds. The van der Waals surface area contributed by atoms with Crippen molar-refractivity contribution in [3.63, 3.8) is 0 Å². The number of nitrogens with one attached hydrogen (secondary N) is 3. The van der Waals surface area contributed by atoms with Gasteiger partial charge >= 0.3 is 6.03 Å². The monoisotopic (exact) mass is 359 g/mol. The molecule has 1 fully saturated rings. The largest absolute Gasteiger partial charge is 0.367 e. The molecule has 0 unspecified atom stereocenters. The quantitative estimate of drug-likeness (QED) is 0.542. The van der Waals surface area contributed by atoms with Gasteiger partial charge in [-0.2, -0.15) is 0 Å². The molecule has 25 heavy (non-hydrogen) atoms. The van der Waals surface area contributed by atoms with E-state index in [4.69, 9.17) is 0 Å². The van der Waals surface area contributed by atoms with E-state index in [1.165, 1.54) is 11.8 Å². The summed E-state index contributed by atoms with van der Waals surface area (Å²) >= 11 is 1.23. The van der Waals surface area contributed by atoms with Crippen molar-refractivity contribution < 1.29 is 9.59 Å². The molecule has 3 rings (SSSR count). The van der Waals surface area contributed by atoms with E-state index in [0.29, 0.717) is 17.7 Å². The standard InChI is InChI=1S/C17H21N5O2S/c1-3-18-16(24)22-15(23)10(2)25-17-20-13-7-5-4-6-12(13)14(21-17)19-11-8-9-11/h4-7,10-11H,3,8-9H2,1-2H3,(H,19,20,21)(H2,18,22,23,24)/t10-/m0/s1. The molecule has 1 aromatic heterocycles. The van der Waals surface area contributed by atoms with E-state index in [0.717, 1.165) is 29.6 Å². The molecule has 0 aliphatic heterocycles. The van der Waals surface area contributed by atoms with Gasteiger partial charge in [0.25, 0.3) is 0 Å². The van der Waals surface area contributed by atoms with Crippen molar-refractivity contribution in [1.82, 2.24) is 20.6 Å². The number of aromatic nitrogens is 2. The maximum Gasteiger partial charge on any atom is 0.321 e. The molecule has 132 valence electrons. The van der Waals surface area contributed by atoms with Crippen LogP contribution in [0, 0.1) is 0 Å². The number of anilines is 1. The van der Waals surface area contributed by atoms with Gasteiger partial charge in [-0.05, 0) is 38.8 Å². The Balaban J connectivity index is 1.76. The van der Waals surface area contributed by atoms with Crippen molar-refractivity contribution in [2.75, 3.05) is 11.9 Å². The number of carbonyl (C=O) groups is 2. The molecule has 7 nitrogen and oxygen atoms in total. The van der Waals surface area contributed by atoms with E-state index in [2.05, 4.69) is 25.9 Å². The van der Waals surface area contributed by atoms with E-state index in [1.807, 2.05) is 24.3 Å². The minimum absolute atomic E-state index is 0.371. The Hall–Kier alpha value is -2.35. The van der Waals surface area contributed by atoms with Crippen LogP contribution in [0.1, 0.15) is 26.7 Å². The lowest BCUT2D eigenvalue weighted by molar-refractivity contribution is -0.119. The molecule has 1 saturated carbocycles. The van der Waals surface area contributed by atoms with Gasteiger partial charge in [0.1, 0.15) is 5.82 Å². The summed E-state index contributed by atoms with van der Waals surface area (Å²) in [6, 6.07) is 7.78. The van der Waals surface area contributed by atoms with Crippen molar-refractivity contribution in [1.29, 1.82) is 0 Å². The van der Waals surface area contributed by atoms with Gasteiger partial charge < -0.3 is 10.6 Å². The van der Waals surface area contributed by atoms with Crippen LogP contribution in [0.5, 0.6) is 0 Å². The van der Waals surface area contributed by atoms with E-state index >= 15 is 0 Å². The predicted molar refractivity (Wildman–Crippen MR) is 98.7 cm³/mol. The Labute approximate surface area is 150 Å². The van der Waals surface area contributed by atoms with Crippen LogP contribution in [-0.4, -0.2) is 39.7 Å². The number of thioether (sulfide) groups is 1. The predicted octanol–water partition coefficient (Wildman–Crippen LogP) is 2.53. The first kappa shape index (κ1) is 17.5. The van der Waals surface area contributed by atoms with Gasteiger partial charge in [0.15, 0.2) is 5.16 Å². The van der Waals surface area contributed by atoms with Crippen LogP contribution in [0.15, 0.2) is 29.4 Å². The van der Waals surface area contributed by atoms with E-state index in [9.17, 15) is 9.59 Å². The van der Waals surface area contributed by atoms with Crippen LogP contribution in [-0.2, 0) is 4.79 Å². The molecule has 1 aliphatic carbocycles. The molecule has 2 aromatic rings. The highest BCUT2D eigenvalue weighted by Crippen LogP contribution is 2.30. The first-order valence-electron chi connectivity index (χ1n) is 8.35. The van der Waals surface area contributed by atoms with E-state index in [1.54, 1.807) is 13.8 Å². The zero-order chi connectivity index (χ0) is 17.8. The molecule has 1 atom stereocenters. The molecule has 1 aromatic carbocycles. The van der Waals surface area contributed by atoms with Gasteiger partial charge in [-0.1, -0.05) is 23.9 Å². The summed E-state index contributed by atoms with van der Waals surface area (Å²) < 4.78 is 0. The Morgan fingerprint density at radius 2 is 2.04 bits per heavy atom. The number of imide groups is 1. The summed E-state index contributed by atoms with van der Waals surface area (Å²) in [7, 11) is 0. The highest BCUT2D eigenvalue weighted by Gasteiger charge is 2.24. The molecule has 0 radical (unpaired) electrons. The Bertz CT molecular complexity index is 794. The van der Waals surface area contributed by atoms with Crippen LogP contribution in [0.3, 0.4) is 0 Å². The summed E-state index contributed by atoms with van der Waals surface area (Å²) in [6.07, 6.45) is 2.29. The lowest BCUT2D eigenvalue weighted by Gasteiger charge is -2.13. The lowest BCUT2D eigenvalue weighted by atomic mass is 10.2. The third-order valence-corrected chi connectivity index (χ3v) is 4.69. The molecule has 8 heteroatoms. The van der Waals surface area contributed by atoms with Crippen molar-refractivity contribution in [2.24, 2.45) is 0 Å². The summed E-state index contributed by atoms with van der Waals surface area (Å²) in [5, 5.41) is 9.27. The fourth-order valence-corrected chi connectivity index (χ4v) is 3.05. The first-order valence-corrected chi connectivity index (χ1v) is 9.23. The zero-order valence-corrected chi connectivity index (χ0v) is 15.0. The normalized spacial score (nSPS) is 14.8. The van der Waals surface area contributed by atoms with Crippen LogP contribution in [0.4, 0.5) is 10.6 Å². The average Bonchev–Trinajstić information content (AvgIpc) is 3.39. The SMILES string of the molecule is CCNC(=O)NC(=O)[C@H](C)Sc1nc(NC2CC2)c2ccccc2n1. The van der Waals surface area contributed by atoms with Gasteiger partial charge in [0, 0.05) is 18.0 Å². The molecule has 3 N–H and O–H groups in total. The third kappa shape index (κ3) is 4.60. The van der Waals surface area contributed by atoms with Crippen molar-refractivity contribution in [3.05, 3.63) is 24.3 Å². The minimum atomic E-state index is -0.490. The topological polar surface area (TPSA) is 96.0 Å². The summed E-state index contributed by atoms with van der Waals surface area (Å²) in [4.78, 5) is 32.7. The lowest BCUT2D eigenvalue weighted by Crippen LogP contribution is -2.42. The number of hydrogen-bond donors (Lipinski definition) is 3. The van der Waals surface area contributed by atoms with Crippen LogP contribution >= 0.6 is 11.8 Å². The fourth-order valence-electron chi connectivity index (χ4n) is 2.27. The fraction of sp³-hybridized carbons (Fsp3) is 0.412. The number of hydrogen-bond acceptors (Lipinski definition) is 6.